The number of benzene rings is 2. The first-order valence-electron chi connectivity index (χ1n) is 6.77. The van der Waals surface area contributed by atoms with Gasteiger partial charge in [0.2, 0.25) is 0 Å². The van der Waals surface area contributed by atoms with Gasteiger partial charge in [0.05, 0.1) is 0 Å². The van der Waals surface area contributed by atoms with Crippen molar-refractivity contribution in [2.24, 2.45) is 0 Å². The summed E-state index contributed by atoms with van der Waals surface area (Å²) < 4.78 is 0. The van der Waals surface area contributed by atoms with Gasteiger partial charge < -0.3 is 0 Å². The van der Waals surface area contributed by atoms with E-state index in [0.29, 0.717) is 0 Å². The SMILES string of the molecule is CC1=C(C)CC(c2ccccc2-c2ccccc2)=C1.[Zr]. The molecular formula is C19H18Zr. The van der Waals surface area contributed by atoms with Gasteiger partial charge in [-0.25, -0.2) is 0 Å². The summed E-state index contributed by atoms with van der Waals surface area (Å²) >= 11 is 0. The molecule has 0 nitrogen and oxygen atoms in total. The van der Waals surface area contributed by atoms with Gasteiger partial charge >= 0.3 is 0 Å². The molecule has 2 aromatic carbocycles. The molecule has 2 aromatic rings. The largest absolute Gasteiger partial charge is 0.0660 e. The quantitative estimate of drug-likeness (QED) is 0.681. The smallest absolute Gasteiger partial charge is 0 e. The van der Waals surface area contributed by atoms with E-state index in [4.69, 9.17) is 0 Å². The Morgan fingerprint density at radius 1 is 0.750 bits per heavy atom. The molecule has 0 amide bonds. The van der Waals surface area contributed by atoms with Crippen LogP contribution in [0.4, 0.5) is 0 Å². The summed E-state index contributed by atoms with van der Waals surface area (Å²) in [5.41, 5.74) is 8.33. The van der Waals surface area contributed by atoms with E-state index in [0.717, 1.165) is 6.42 Å². The summed E-state index contributed by atoms with van der Waals surface area (Å²) in [6.45, 7) is 4.43. The van der Waals surface area contributed by atoms with Crippen molar-refractivity contribution in [3.63, 3.8) is 0 Å². The van der Waals surface area contributed by atoms with Crippen LogP contribution in [0.5, 0.6) is 0 Å². The van der Waals surface area contributed by atoms with Gasteiger partial charge in [-0.2, -0.15) is 0 Å². The molecule has 1 aliphatic carbocycles. The monoisotopic (exact) mass is 336 g/mol. The average Bonchev–Trinajstić information content (AvgIpc) is 2.80. The van der Waals surface area contributed by atoms with Crippen LogP contribution in [0.25, 0.3) is 16.7 Å². The fraction of sp³-hybridized carbons (Fsp3) is 0.158. The molecule has 0 radical (unpaired) electrons. The minimum Gasteiger partial charge on any atom is -0.0660 e. The number of hydrogen-bond donors (Lipinski definition) is 0. The molecule has 98 valence electrons. The van der Waals surface area contributed by atoms with Crippen molar-refractivity contribution in [2.75, 3.05) is 0 Å². The molecule has 0 saturated heterocycles. The van der Waals surface area contributed by atoms with Crippen LogP contribution in [0.2, 0.25) is 0 Å². The van der Waals surface area contributed by atoms with Crippen molar-refractivity contribution in [1.82, 2.24) is 0 Å². The van der Waals surface area contributed by atoms with E-state index in [9.17, 15) is 0 Å². The third kappa shape index (κ3) is 2.94. The Kier molecular flexibility index (Phi) is 4.94. The minimum absolute atomic E-state index is 0. The second kappa shape index (κ2) is 6.50. The summed E-state index contributed by atoms with van der Waals surface area (Å²) in [4.78, 5) is 0. The second-order valence-corrected chi connectivity index (χ2v) is 5.22. The molecule has 0 N–H and O–H groups in total. The molecule has 0 atom stereocenters. The normalized spacial score (nSPS) is 14.0. The summed E-state index contributed by atoms with van der Waals surface area (Å²) in [6.07, 6.45) is 3.41. The van der Waals surface area contributed by atoms with Gasteiger partial charge in [0.1, 0.15) is 0 Å². The maximum Gasteiger partial charge on any atom is 0 e. The molecule has 20 heavy (non-hydrogen) atoms. The molecule has 0 unspecified atom stereocenters. The second-order valence-electron chi connectivity index (χ2n) is 5.22. The average molecular weight is 338 g/mol. The van der Waals surface area contributed by atoms with Crippen molar-refractivity contribution in [3.05, 3.63) is 77.4 Å². The van der Waals surface area contributed by atoms with Crippen LogP contribution in [0.3, 0.4) is 0 Å². The molecule has 0 spiro atoms. The first-order chi connectivity index (χ1) is 9.25. The first kappa shape index (κ1) is 15.2. The van der Waals surface area contributed by atoms with Gasteiger partial charge in [0.25, 0.3) is 0 Å². The molecule has 0 aromatic heterocycles. The van der Waals surface area contributed by atoms with Gasteiger partial charge in [0.15, 0.2) is 0 Å². The van der Waals surface area contributed by atoms with Crippen LogP contribution in [0.15, 0.2) is 71.8 Å². The predicted octanol–water partition coefficient (Wildman–Crippen LogP) is 5.47. The summed E-state index contributed by atoms with van der Waals surface area (Å²) in [5, 5.41) is 0. The maximum absolute atomic E-state index is 2.33. The van der Waals surface area contributed by atoms with E-state index < -0.39 is 0 Å². The van der Waals surface area contributed by atoms with Crippen molar-refractivity contribution < 1.29 is 26.2 Å². The Balaban J connectivity index is 0.00000147. The molecule has 0 bridgehead atoms. The van der Waals surface area contributed by atoms with Gasteiger partial charge in [-0.1, -0.05) is 71.8 Å². The van der Waals surface area contributed by atoms with Crippen molar-refractivity contribution in [3.8, 4) is 11.1 Å². The Morgan fingerprint density at radius 3 is 1.95 bits per heavy atom. The van der Waals surface area contributed by atoms with Gasteiger partial charge in [-0.3, -0.25) is 0 Å². The number of rotatable bonds is 2. The van der Waals surface area contributed by atoms with Crippen LogP contribution in [-0.2, 0) is 26.2 Å². The third-order valence-electron chi connectivity index (χ3n) is 3.88. The van der Waals surface area contributed by atoms with E-state index in [-0.39, 0.29) is 26.2 Å². The predicted molar refractivity (Wildman–Crippen MR) is 82.8 cm³/mol. The summed E-state index contributed by atoms with van der Waals surface area (Å²) in [5.74, 6) is 0. The zero-order valence-electron chi connectivity index (χ0n) is 12.0. The standard InChI is InChI=1S/C19H18.Zr/c1-14-12-17(13-15(14)2)19-11-7-6-10-18(19)16-8-4-3-5-9-16;/h3-12H,13H2,1-2H3;. The Morgan fingerprint density at radius 2 is 1.35 bits per heavy atom. The fourth-order valence-electron chi connectivity index (χ4n) is 2.67. The van der Waals surface area contributed by atoms with E-state index in [1.807, 2.05) is 0 Å². The molecule has 0 aliphatic heterocycles. The fourth-order valence-corrected chi connectivity index (χ4v) is 2.67. The van der Waals surface area contributed by atoms with Gasteiger partial charge in [-0.05, 0) is 42.5 Å². The maximum atomic E-state index is 2.33. The molecule has 1 heteroatoms. The number of allylic oxidation sites excluding steroid dienone is 4. The summed E-state index contributed by atoms with van der Waals surface area (Å²) in [7, 11) is 0. The van der Waals surface area contributed by atoms with Gasteiger partial charge in [0, 0.05) is 26.2 Å². The third-order valence-corrected chi connectivity index (χ3v) is 3.88. The van der Waals surface area contributed by atoms with E-state index >= 15 is 0 Å². The van der Waals surface area contributed by atoms with Crippen molar-refractivity contribution in [1.29, 1.82) is 0 Å². The summed E-state index contributed by atoms with van der Waals surface area (Å²) in [6, 6.07) is 19.3. The van der Waals surface area contributed by atoms with Crippen LogP contribution in [0, 0.1) is 0 Å². The molecule has 0 fully saturated rings. The van der Waals surface area contributed by atoms with Gasteiger partial charge in [-0.15, -0.1) is 0 Å². The minimum atomic E-state index is 0. The zero-order chi connectivity index (χ0) is 13.2. The molecule has 1 aliphatic rings. The van der Waals surface area contributed by atoms with E-state index in [1.54, 1.807) is 0 Å². The van der Waals surface area contributed by atoms with Crippen LogP contribution < -0.4 is 0 Å². The molecular weight excluding hydrogens is 319 g/mol. The Labute approximate surface area is 140 Å². The number of hydrogen-bond acceptors (Lipinski definition) is 0. The molecule has 0 heterocycles. The topological polar surface area (TPSA) is 0 Å². The van der Waals surface area contributed by atoms with Crippen LogP contribution >= 0.6 is 0 Å². The first-order valence-corrected chi connectivity index (χ1v) is 6.77. The van der Waals surface area contributed by atoms with Crippen LogP contribution in [0.1, 0.15) is 25.8 Å². The van der Waals surface area contributed by atoms with E-state index in [1.165, 1.54) is 33.4 Å². The van der Waals surface area contributed by atoms with Crippen molar-refractivity contribution in [2.45, 2.75) is 20.3 Å². The Hall–Kier alpha value is -1.20. The van der Waals surface area contributed by atoms with Crippen molar-refractivity contribution >= 4 is 5.57 Å². The molecule has 3 rings (SSSR count). The molecule has 0 saturated carbocycles. The Bertz CT molecular complexity index is 663. The zero-order valence-corrected chi connectivity index (χ0v) is 14.4. The van der Waals surface area contributed by atoms with E-state index in [2.05, 4.69) is 74.5 Å². The van der Waals surface area contributed by atoms with Crippen LogP contribution in [-0.4, -0.2) is 0 Å².